The van der Waals surface area contributed by atoms with Gasteiger partial charge in [-0.3, -0.25) is 14.4 Å². The quantitative estimate of drug-likeness (QED) is 0.753. The monoisotopic (exact) mass is 387 g/mol. The molecule has 0 aromatic heterocycles. The first-order chi connectivity index (χ1) is 13.3. The highest BCUT2D eigenvalue weighted by atomic mass is 16.2. The molecule has 1 aromatic rings. The average Bonchev–Trinajstić information content (AvgIpc) is 2.67. The van der Waals surface area contributed by atoms with Crippen molar-refractivity contribution in [3.63, 3.8) is 0 Å². The Kier molecular flexibility index (Phi) is 7.61. The van der Waals surface area contributed by atoms with Crippen LogP contribution in [0.25, 0.3) is 0 Å². The predicted octanol–water partition coefficient (Wildman–Crippen LogP) is 2.48. The lowest BCUT2D eigenvalue weighted by Crippen LogP contribution is -2.48. The molecule has 1 atom stereocenters. The molecule has 0 spiro atoms. The molecule has 1 aromatic carbocycles. The molecule has 154 valence electrons. The SMILES string of the molecule is CCN(CC)C(=O)CN(C)C(=O)C1CCCN(C(=O)c2cc(C)cc(C)c2)C1. The van der Waals surface area contributed by atoms with Gasteiger partial charge in [0.25, 0.3) is 5.91 Å². The highest BCUT2D eigenvalue weighted by Crippen LogP contribution is 2.21. The van der Waals surface area contributed by atoms with E-state index in [0.717, 1.165) is 24.0 Å². The molecule has 6 nitrogen and oxygen atoms in total. The van der Waals surface area contributed by atoms with Gasteiger partial charge in [0.2, 0.25) is 11.8 Å². The molecule has 1 unspecified atom stereocenters. The van der Waals surface area contributed by atoms with Crippen LogP contribution in [0.2, 0.25) is 0 Å². The molecule has 1 saturated heterocycles. The highest BCUT2D eigenvalue weighted by molar-refractivity contribution is 5.95. The van der Waals surface area contributed by atoms with Gasteiger partial charge in [-0.2, -0.15) is 0 Å². The maximum Gasteiger partial charge on any atom is 0.253 e. The lowest BCUT2D eigenvalue weighted by Gasteiger charge is -2.34. The van der Waals surface area contributed by atoms with Crippen molar-refractivity contribution in [3.05, 3.63) is 34.9 Å². The van der Waals surface area contributed by atoms with Gasteiger partial charge in [-0.15, -0.1) is 0 Å². The van der Waals surface area contributed by atoms with E-state index in [2.05, 4.69) is 0 Å². The molecule has 6 heteroatoms. The number of likely N-dealkylation sites (N-methyl/N-ethyl adjacent to an activating group) is 2. The van der Waals surface area contributed by atoms with Gasteiger partial charge in [-0.25, -0.2) is 0 Å². The van der Waals surface area contributed by atoms with Crippen LogP contribution in [-0.2, 0) is 9.59 Å². The Morgan fingerprint density at radius 1 is 1.07 bits per heavy atom. The van der Waals surface area contributed by atoms with Crippen LogP contribution in [0.5, 0.6) is 0 Å². The third-order valence-corrected chi connectivity index (χ3v) is 5.39. The lowest BCUT2D eigenvalue weighted by atomic mass is 9.95. The molecule has 0 saturated carbocycles. The van der Waals surface area contributed by atoms with E-state index in [9.17, 15) is 14.4 Å². The van der Waals surface area contributed by atoms with Crippen molar-refractivity contribution in [2.75, 3.05) is 39.8 Å². The Morgan fingerprint density at radius 3 is 2.25 bits per heavy atom. The first-order valence-corrected chi connectivity index (χ1v) is 10.2. The maximum atomic E-state index is 12.9. The van der Waals surface area contributed by atoms with Crippen LogP contribution < -0.4 is 0 Å². The highest BCUT2D eigenvalue weighted by Gasteiger charge is 2.31. The van der Waals surface area contributed by atoms with Crippen molar-refractivity contribution >= 4 is 17.7 Å². The van der Waals surface area contributed by atoms with E-state index in [1.807, 2.05) is 45.9 Å². The van der Waals surface area contributed by atoms with Crippen LogP contribution in [-0.4, -0.2) is 72.2 Å². The van der Waals surface area contributed by atoms with Crippen LogP contribution in [0.3, 0.4) is 0 Å². The summed E-state index contributed by atoms with van der Waals surface area (Å²) in [4.78, 5) is 43.1. The summed E-state index contributed by atoms with van der Waals surface area (Å²) >= 11 is 0. The smallest absolute Gasteiger partial charge is 0.253 e. The largest absolute Gasteiger partial charge is 0.342 e. The molecular formula is C22H33N3O3. The Morgan fingerprint density at radius 2 is 1.68 bits per heavy atom. The second-order valence-corrected chi connectivity index (χ2v) is 7.73. The molecule has 1 aliphatic heterocycles. The normalized spacial score (nSPS) is 16.6. The first-order valence-electron chi connectivity index (χ1n) is 10.2. The number of hydrogen-bond donors (Lipinski definition) is 0. The molecule has 28 heavy (non-hydrogen) atoms. The number of amides is 3. The van der Waals surface area contributed by atoms with Crippen molar-refractivity contribution in [1.82, 2.24) is 14.7 Å². The summed E-state index contributed by atoms with van der Waals surface area (Å²) in [7, 11) is 1.68. The van der Waals surface area contributed by atoms with Gasteiger partial charge < -0.3 is 14.7 Å². The van der Waals surface area contributed by atoms with E-state index < -0.39 is 0 Å². The van der Waals surface area contributed by atoms with Crippen LogP contribution in [0.15, 0.2) is 18.2 Å². The molecular weight excluding hydrogens is 354 g/mol. The van der Waals surface area contributed by atoms with E-state index in [-0.39, 0.29) is 30.2 Å². The van der Waals surface area contributed by atoms with Crippen LogP contribution in [0, 0.1) is 19.8 Å². The van der Waals surface area contributed by atoms with E-state index >= 15 is 0 Å². The molecule has 3 amide bonds. The van der Waals surface area contributed by atoms with E-state index in [1.165, 1.54) is 4.90 Å². The zero-order valence-corrected chi connectivity index (χ0v) is 17.8. The maximum absolute atomic E-state index is 12.9. The lowest BCUT2D eigenvalue weighted by molar-refractivity contribution is -0.142. The number of nitrogens with zero attached hydrogens (tertiary/aromatic N) is 3. The minimum atomic E-state index is -0.252. The first kappa shape index (κ1) is 21.9. The predicted molar refractivity (Wildman–Crippen MR) is 110 cm³/mol. The third kappa shape index (κ3) is 5.33. The number of carbonyl (C=O) groups excluding carboxylic acids is 3. The summed E-state index contributed by atoms with van der Waals surface area (Å²) in [5, 5.41) is 0. The number of aryl methyl sites for hydroxylation is 2. The number of rotatable bonds is 6. The molecule has 0 N–H and O–H groups in total. The minimum absolute atomic E-state index is 0.0221. The average molecular weight is 388 g/mol. The summed E-state index contributed by atoms with van der Waals surface area (Å²) in [5.74, 6) is -0.373. The van der Waals surface area contributed by atoms with E-state index in [4.69, 9.17) is 0 Å². The van der Waals surface area contributed by atoms with Crippen LogP contribution in [0.1, 0.15) is 48.2 Å². The van der Waals surface area contributed by atoms with Gasteiger partial charge in [0, 0.05) is 38.8 Å². The minimum Gasteiger partial charge on any atom is -0.342 e. The van der Waals surface area contributed by atoms with Crippen molar-refractivity contribution < 1.29 is 14.4 Å². The van der Waals surface area contributed by atoms with Gasteiger partial charge in [0.05, 0.1) is 12.5 Å². The summed E-state index contributed by atoms with van der Waals surface area (Å²) < 4.78 is 0. The molecule has 0 bridgehead atoms. The third-order valence-electron chi connectivity index (χ3n) is 5.39. The number of benzene rings is 1. The van der Waals surface area contributed by atoms with Crippen LogP contribution >= 0.6 is 0 Å². The molecule has 0 radical (unpaired) electrons. The summed E-state index contributed by atoms with van der Waals surface area (Å²) in [6.07, 6.45) is 1.55. The number of hydrogen-bond acceptors (Lipinski definition) is 3. The molecule has 0 aliphatic carbocycles. The molecule has 1 aliphatic rings. The molecule has 1 heterocycles. The van der Waals surface area contributed by atoms with E-state index in [1.54, 1.807) is 16.8 Å². The molecule has 2 rings (SSSR count). The summed E-state index contributed by atoms with van der Waals surface area (Å²) in [6.45, 7) is 10.3. The summed E-state index contributed by atoms with van der Waals surface area (Å²) in [5.41, 5.74) is 2.79. The van der Waals surface area contributed by atoms with Crippen molar-refractivity contribution in [2.24, 2.45) is 5.92 Å². The van der Waals surface area contributed by atoms with Gasteiger partial charge in [-0.05, 0) is 52.7 Å². The van der Waals surface area contributed by atoms with Crippen LogP contribution in [0.4, 0.5) is 0 Å². The molecule has 1 fully saturated rings. The van der Waals surface area contributed by atoms with Crippen molar-refractivity contribution in [3.8, 4) is 0 Å². The second-order valence-electron chi connectivity index (χ2n) is 7.73. The Hall–Kier alpha value is -2.37. The fourth-order valence-corrected chi connectivity index (χ4v) is 3.91. The van der Waals surface area contributed by atoms with E-state index in [0.29, 0.717) is 31.7 Å². The topological polar surface area (TPSA) is 60.9 Å². The van der Waals surface area contributed by atoms with Gasteiger partial charge in [-0.1, -0.05) is 17.2 Å². The number of piperidine rings is 1. The fourth-order valence-electron chi connectivity index (χ4n) is 3.91. The Bertz CT molecular complexity index is 707. The second kappa shape index (κ2) is 9.71. The summed E-state index contributed by atoms with van der Waals surface area (Å²) in [6, 6.07) is 5.84. The van der Waals surface area contributed by atoms with Crippen molar-refractivity contribution in [2.45, 2.75) is 40.5 Å². The Labute approximate surface area is 168 Å². The van der Waals surface area contributed by atoms with Gasteiger partial charge >= 0.3 is 0 Å². The fraction of sp³-hybridized carbons (Fsp3) is 0.591. The zero-order valence-electron chi connectivity index (χ0n) is 17.8. The van der Waals surface area contributed by atoms with Gasteiger partial charge in [0.1, 0.15) is 0 Å². The number of likely N-dealkylation sites (tertiary alicyclic amines) is 1. The van der Waals surface area contributed by atoms with Crippen molar-refractivity contribution in [1.29, 1.82) is 0 Å². The van der Waals surface area contributed by atoms with Gasteiger partial charge in [0.15, 0.2) is 0 Å². The number of carbonyl (C=O) groups is 3. The zero-order chi connectivity index (χ0) is 20.8. The Balaban J connectivity index is 2.02. The standard InChI is InChI=1S/C22H33N3O3/c1-6-24(7-2)20(26)15-23(5)21(27)18-9-8-10-25(14-18)22(28)19-12-16(3)11-17(4)13-19/h11-13,18H,6-10,14-15H2,1-5H3.